The van der Waals surface area contributed by atoms with Crippen LogP contribution in [-0.2, 0) is 12.7 Å². The van der Waals surface area contributed by atoms with E-state index in [9.17, 15) is 18.0 Å². The minimum Gasteiger partial charge on any atom is -0.497 e. The first-order valence-electron chi connectivity index (χ1n) is 12.6. The molecule has 7 nitrogen and oxygen atoms in total. The fourth-order valence-corrected chi connectivity index (χ4v) is 4.99. The Morgan fingerprint density at radius 2 is 1.79 bits per heavy atom. The Bertz CT molecular complexity index is 1460. The molecule has 0 unspecified atom stereocenters. The number of benzene rings is 2. The number of halogens is 4. The first kappa shape index (κ1) is 26.8. The molecule has 11 heteroatoms. The molecule has 5 rings (SSSR count). The molecule has 1 amide bonds. The van der Waals surface area contributed by atoms with Gasteiger partial charge in [-0.2, -0.15) is 18.3 Å². The largest absolute Gasteiger partial charge is 0.497 e. The van der Waals surface area contributed by atoms with Gasteiger partial charge in [0.05, 0.1) is 30.9 Å². The Morgan fingerprint density at radius 3 is 2.49 bits per heavy atom. The van der Waals surface area contributed by atoms with Gasteiger partial charge in [-0.3, -0.25) is 9.48 Å². The summed E-state index contributed by atoms with van der Waals surface area (Å²) < 4.78 is 47.2. The van der Waals surface area contributed by atoms with E-state index < -0.39 is 11.9 Å². The van der Waals surface area contributed by atoms with E-state index >= 15 is 0 Å². The van der Waals surface area contributed by atoms with E-state index in [0.29, 0.717) is 53.9 Å². The molecule has 39 heavy (non-hydrogen) atoms. The molecule has 0 radical (unpaired) electrons. The number of ether oxygens (including phenoxy) is 1. The van der Waals surface area contributed by atoms with Gasteiger partial charge >= 0.3 is 6.18 Å². The zero-order valence-corrected chi connectivity index (χ0v) is 21.9. The van der Waals surface area contributed by atoms with Crippen LogP contribution in [0.5, 0.6) is 5.75 Å². The van der Waals surface area contributed by atoms with Crippen molar-refractivity contribution in [1.29, 1.82) is 0 Å². The van der Waals surface area contributed by atoms with Crippen LogP contribution in [0.25, 0.3) is 10.9 Å². The smallest absolute Gasteiger partial charge is 0.433 e. The number of nitrogens with zero attached hydrogens (tertiary/aromatic N) is 3. The van der Waals surface area contributed by atoms with Crippen LogP contribution in [-0.4, -0.2) is 39.9 Å². The van der Waals surface area contributed by atoms with Crippen molar-refractivity contribution in [3.05, 3.63) is 82.8 Å². The molecule has 0 saturated heterocycles. The summed E-state index contributed by atoms with van der Waals surface area (Å²) in [5.74, 6) is 0.575. The van der Waals surface area contributed by atoms with Crippen molar-refractivity contribution in [2.75, 3.05) is 12.4 Å². The molecule has 2 N–H and O–H groups in total. The topological polar surface area (TPSA) is 81.1 Å². The van der Waals surface area contributed by atoms with Gasteiger partial charge in [-0.25, -0.2) is 4.98 Å². The van der Waals surface area contributed by atoms with Crippen LogP contribution in [0.2, 0.25) is 5.02 Å². The number of pyridine rings is 1. The third kappa shape index (κ3) is 6.44. The van der Waals surface area contributed by atoms with Crippen LogP contribution in [0.3, 0.4) is 0 Å². The second-order valence-electron chi connectivity index (χ2n) is 9.66. The molecule has 1 aliphatic rings. The highest BCUT2D eigenvalue weighted by atomic mass is 35.5. The number of hydrogen-bond donors (Lipinski definition) is 2. The summed E-state index contributed by atoms with van der Waals surface area (Å²) in [6.45, 7) is 0.527. The van der Waals surface area contributed by atoms with Crippen LogP contribution in [0.4, 0.5) is 18.9 Å². The summed E-state index contributed by atoms with van der Waals surface area (Å²) in [5.41, 5.74) is 1.14. The van der Waals surface area contributed by atoms with Crippen molar-refractivity contribution in [3.63, 3.8) is 0 Å². The van der Waals surface area contributed by atoms with Crippen molar-refractivity contribution in [3.8, 4) is 5.75 Å². The van der Waals surface area contributed by atoms with Crippen LogP contribution in [0.1, 0.15) is 47.3 Å². The molecule has 1 fully saturated rings. The summed E-state index contributed by atoms with van der Waals surface area (Å²) in [6.07, 6.45) is 1.46. The average molecular weight is 558 g/mol. The zero-order chi connectivity index (χ0) is 27.6. The Kier molecular flexibility index (Phi) is 7.65. The number of alkyl halides is 3. The van der Waals surface area contributed by atoms with Crippen molar-refractivity contribution in [2.45, 2.75) is 50.5 Å². The number of nitrogens with one attached hydrogen (secondary N) is 2. The highest BCUT2D eigenvalue weighted by Crippen LogP contribution is 2.35. The summed E-state index contributed by atoms with van der Waals surface area (Å²) in [4.78, 5) is 16.6. The lowest BCUT2D eigenvalue weighted by molar-refractivity contribution is -0.140. The quantitative estimate of drug-likeness (QED) is 0.278. The fourth-order valence-electron chi connectivity index (χ4n) is 4.82. The van der Waals surface area contributed by atoms with Gasteiger partial charge in [-0.05, 0) is 67.6 Å². The Morgan fingerprint density at radius 1 is 1.08 bits per heavy atom. The van der Waals surface area contributed by atoms with Gasteiger partial charge in [0.2, 0.25) is 0 Å². The maximum absolute atomic E-state index is 13.4. The second-order valence-corrected chi connectivity index (χ2v) is 10.1. The van der Waals surface area contributed by atoms with Gasteiger partial charge in [-0.1, -0.05) is 23.7 Å². The van der Waals surface area contributed by atoms with E-state index in [1.165, 1.54) is 12.1 Å². The van der Waals surface area contributed by atoms with Crippen LogP contribution < -0.4 is 15.4 Å². The molecule has 2 aromatic heterocycles. The molecule has 2 heterocycles. The molecule has 204 valence electrons. The molecule has 4 aromatic rings. The van der Waals surface area contributed by atoms with E-state index in [1.54, 1.807) is 30.3 Å². The van der Waals surface area contributed by atoms with Gasteiger partial charge in [-0.15, -0.1) is 0 Å². The van der Waals surface area contributed by atoms with Gasteiger partial charge < -0.3 is 15.4 Å². The minimum absolute atomic E-state index is 0.0325. The van der Waals surface area contributed by atoms with E-state index in [2.05, 4.69) is 20.7 Å². The minimum atomic E-state index is -4.56. The molecular weight excluding hydrogens is 531 g/mol. The summed E-state index contributed by atoms with van der Waals surface area (Å²) in [5, 5.41) is 11.6. The number of hydrogen-bond acceptors (Lipinski definition) is 5. The SMILES string of the molecule is COc1ccc(Cn2cc(C(=O)NC3CCC(Nc4cc(C(F)(F)F)nc5ccc(Cl)cc45)CC3)cn2)cc1. The predicted octanol–water partition coefficient (Wildman–Crippen LogP) is 6.31. The third-order valence-electron chi connectivity index (χ3n) is 6.88. The molecule has 0 spiro atoms. The van der Waals surface area contributed by atoms with Crippen molar-refractivity contribution in [1.82, 2.24) is 20.1 Å². The lowest BCUT2D eigenvalue weighted by Crippen LogP contribution is -2.40. The normalized spacial score (nSPS) is 17.7. The number of aromatic nitrogens is 3. The molecule has 1 saturated carbocycles. The standard InChI is InChI=1S/C28H27ClF3N5O2/c1-39-22-9-2-17(3-10-22)15-37-16-18(14-33-37)27(38)35-21-7-5-20(6-8-21)34-25-13-26(28(30,31)32)36-24-11-4-19(29)12-23(24)25/h2-4,9-14,16,20-21H,5-8,15H2,1H3,(H,34,36)(H,35,38). The van der Waals surface area contributed by atoms with Gasteiger partial charge in [0.1, 0.15) is 11.4 Å². The highest BCUT2D eigenvalue weighted by Gasteiger charge is 2.34. The second kappa shape index (κ2) is 11.1. The third-order valence-corrected chi connectivity index (χ3v) is 7.12. The Labute approximate surface area is 228 Å². The van der Waals surface area contributed by atoms with Gasteiger partial charge in [0, 0.05) is 34.4 Å². The number of anilines is 1. The van der Waals surface area contributed by atoms with Crippen molar-refractivity contribution < 1.29 is 22.7 Å². The summed E-state index contributed by atoms with van der Waals surface area (Å²) >= 11 is 6.11. The van der Waals surface area contributed by atoms with Gasteiger partial charge in [0.15, 0.2) is 0 Å². The number of amides is 1. The van der Waals surface area contributed by atoms with E-state index in [0.717, 1.165) is 17.4 Å². The van der Waals surface area contributed by atoms with E-state index in [1.807, 2.05) is 24.3 Å². The maximum Gasteiger partial charge on any atom is 0.433 e. The maximum atomic E-state index is 13.4. The number of fused-ring (bicyclic) bond motifs is 1. The van der Waals surface area contributed by atoms with E-state index in [-0.39, 0.29) is 23.5 Å². The molecular formula is C28H27ClF3N5O2. The highest BCUT2D eigenvalue weighted by molar-refractivity contribution is 6.31. The summed E-state index contributed by atoms with van der Waals surface area (Å²) in [7, 11) is 1.61. The first-order valence-corrected chi connectivity index (χ1v) is 13.0. The number of methoxy groups -OCH3 is 1. The lowest BCUT2D eigenvalue weighted by atomic mass is 9.90. The monoisotopic (exact) mass is 557 g/mol. The zero-order valence-electron chi connectivity index (χ0n) is 21.1. The van der Waals surface area contributed by atoms with Crippen LogP contribution in [0, 0.1) is 0 Å². The van der Waals surface area contributed by atoms with E-state index in [4.69, 9.17) is 16.3 Å². The predicted molar refractivity (Wildman–Crippen MR) is 143 cm³/mol. The van der Waals surface area contributed by atoms with Crippen molar-refractivity contribution >= 4 is 34.1 Å². The number of carbonyl (C=O) groups is 1. The molecule has 0 aliphatic heterocycles. The summed E-state index contributed by atoms with van der Waals surface area (Å²) in [6, 6.07) is 13.2. The van der Waals surface area contributed by atoms with Crippen LogP contribution >= 0.6 is 11.6 Å². The number of rotatable bonds is 7. The Hall–Kier alpha value is -3.79. The lowest BCUT2D eigenvalue weighted by Gasteiger charge is -2.30. The Balaban J connectivity index is 1.18. The van der Waals surface area contributed by atoms with Crippen molar-refractivity contribution in [2.24, 2.45) is 0 Å². The first-order chi connectivity index (χ1) is 18.7. The van der Waals surface area contributed by atoms with Crippen LogP contribution in [0.15, 0.2) is 60.9 Å². The molecule has 2 aromatic carbocycles. The molecule has 0 atom stereocenters. The van der Waals surface area contributed by atoms with Gasteiger partial charge in [0.25, 0.3) is 5.91 Å². The number of carbonyl (C=O) groups excluding carboxylic acids is 1. The molecule has 1 aliphatic carbocycles. The average Bonchev–Trinajstić information content (AvgIpc) is 3.38. The molecule has 0 bridgehead atoms. The fraction of sp³-hybridized carbons (Fsp3) is 0.321.